The van der Waals surface area contributed by atoms with E-state index >= 15 is 0 Å². The molecule has 2 atom stereocenters. The molecule has 0 radical (unpaired) electrons. The molecule has 2 unspecified atom stereocenters. The summed E-state index contributed by atoms with van der Waals surface area (Å²) in [7, 11) is 0. The van der Waals surface area contributed by atoms with Gasteiger partial charge in [0.2, 0.25) is 0 Å². The molecule has 1 fully saturated rings. The summed E-state index contributed by atoms with van der Waals surface area (Å²) in [5, 5.41) is 12.7. The first-order valence-corrected chi connectivity index (χ1v) is 4.68. The Balaban J connectivity index is 2.38. The maximum Gasteiger partial charge on any atom is 0.0758 e. The summed E-state index contributed by atoms with van der Waals surface area (Å²) in [6, 6.07) is 0.528. The maximum absolute atomic E-state index is 9.43. The number of hydrogen-bond donors (Lipinski definition) is 2. The van der Waals surface area contributed by atoms with Gasteiger partial charge in [0.05, 0.1) is 5.60 Å². The lowest BCUT2D eigenvalue weighted by molar-refractivity contribution is 0.0800. The number of halogens is 1. The Kier molecular flexibility index (Phi) is 2.34. The third kappa shape index (κ3) is 2.05. The van der Waals surface area contributed by atoms with Gasteiger partial charge in [-0.05, 0) is 13.3 Å². The minimum absolute atomic E-state index is 0.449. The summed E-state index contributed by atoms with van der Waals surface area (Å²) in [5.74, 6) is 0. The Morgan fingerprint density at radius 2 is 2.56 bits per heavy atom. The number of alkyl halides is 1. The topological polar surface area (TPSA) is 32.3 Å². The zero-order valence-corrected chi connectivity index (χ0v) is 7.68. The second-order valence-electron chi connectivity index (χ2n) is 2.93. The van der Waals surface area contributed by atoms with Crippen molar-refractivity contribution in [3.05, 3.63) is 0 Å². The number of rotatable bonds is 1. The summed E-state index contributed by atoms with van der Waals surface area (Å²) in [5.41, 5.74) is -0.449. The molecule has 0 aromatic heterocycles. The molecule has 0 bridgehead atoms. The molecule has 0 saturated carbocycles. The molecular formula is C6H12INO. The van der Waals surface area contributed by atoms with E-state index in [4.69, 9.17) is 0 Å². The van der Waals surface area contributed by atoms with E-state index in [1.807, 2.05) is 6.92 Å². The van der Waals surface area contributed by atoms with Gasteiger partial charge in [0, 0.05) is 17.0 Å². The third-order valence-electron chi connectivity index (χ3n) is 1.64. The van der Waals surface area contributed by atoms with Crippen LogP contribution in [0, 0.1) is 0 Å². The van der Waals surface area contributed by atoms with Crippen LogP contribution in [-0.4, -0.2) is 27.7 Å². The predicted molar refractivity (Wildman–Crippen MR) is 45.9 cm³/mol. The van der Waals surface area contributed by atoms with Crippen LogP contribution in [0.15, 0.2) is 0 Å². The Morgan fingerprint density at radius 1 is 1.89 bits per heavy atom. The smallest absolute Gasteiger partial charge is 0.0758 e. The van der Waals surface area contributed by atoms with Gasteiger partial charge in [-0.2, -0.15) is 0 Å². The fraction of sp³-hybridized carbons (Fsp3) is 1.00. The van der Waals surface area contributed by atoms with Gasteiger partial charge in [-0.3, -0.25) is 0 Å². The van der Waals surface area contributed by atoms with Crippen LogP contribution in [0.3, 0.4) is 0 Å². The van der Waals surface area contributed by atoms with Crippen molar-refractivity contribution in [2.75, 3.05) is 11.0 Å². The van der Waals surface area contributed by atoms with E-state index in [2.05, 4.69) is 27.9 Å². The normalized spacial score (nSPS) is 43.7. The Bertz CT molecular complexity index is 105. The second kappa shape index (κ2) is 2.72. The van der Waals surface area contributed by atoms with E-state index in [1.165, 1.54) is 0 Å². The van der Waals surface area contributed by atoms with E-state index in [1.54, 1.807) is 0 Å². The quantitative estimate of drug-likeness (QED) is 0.518. The average molecular weight is 241 g/mol. The van der Waals surface area contributed by atoms with Gasteiger partial charge < -0.3 is 10.4 Å². The SMILES string of the molecule is CC1(O)CNC(CI)C1. The molecule has 1 heterocycles. The largest absolute Gasteiger partial charge is 0.389 e. The minimum Gasteiger partial charge on any atom is -0.389 e. The van der Waals surface area contributed by atoms with E-state index in [-0.39, 0.29) is 0 Å². The average Bonchev–Trinajstić information content (AvgIpc) is 2.10. The minimum atomic E-state index is -0.449. The van der Waals surface area contributed by atoms with E-state index in [9.17, 15) is 5.11 Å². The van der Waals surface area contributed by atoms with Crippen LogP contribution in [0.2, 0.25) is 0 Å². The molecule has 3 heteroatoms. The molecule has 0 aromatic carbocycles. The van der Waals surface area contributed by atoms with Gasteiger partial charge in [-0.1, -0.05) is 22.6 Å². The summed E-state index contributed by atoms with van der Waals surface area (Å²) >= 11 is 2.33. The van der Waals surface area contributed by atoms with Crippen LogP contribution in [0.5, 0.6) is 0 Å². The summed E-state index contributed by atoms with van der Waals surface area (Å²) < 4.78 is 1.09. The van der Waals surface area contributed by atoms with Crippen LogP contribution < -0.4 is 5.32 Å². The van der Waals surface area contributed by atoms with Gasteiger partial charge in [0.15, 0.2) is 0 Å². The number of β-amino-alcohol motifs (C(OH)–C–C–N with tert-alkyl or cyclic N) is 1. The molecule has 1 rings (SSSR count). The second-order valence-corrected chi connectivity index (χ2v) is 3.81. The van der Waals surface area contributed by atoms with E-state index in [0.29, 0.717) is 6.04 Å². The van der Waals surface area contributed by atoms with Crippen molar-refractivity contribution in [3.8, 4) is 0 Å². The summed E-state index contributed by atoms with van der Waals surface area (Å²) in [6.07, 6.45) is 0.899. The van der Waals surface area contributed by atoms with Crippen molar-refractivity contribution in [2.45, 2.75) is 25.0 Å². The van der Waals surface area contributed by atoms with Gasteiger partial charge in [-0.25, -0.2) is 0 Å². The molecule has 54 valence electrons. The fourth-order valence-corrected chi connectivity index (χ4v) is 1.77. The fourth-order valence-electron chi connectivity index (χ4n) is 1.15. The lowest BCUT2D eigenvalue weighted by atomic mass is 10.0. The highest BCUT2D eigenvalue weighted by molar-refractivity contribution is 14.1. The number of aliphatic hydroxyl groups is 1. The lowest BCUT2D eigenvalue weighted by Crippen LogP contribution is -2.26. The lowest BCUT2D eigenvalue weighted by Gasteiger charge is -2.12. The molecule has 1 aliphatic rings. The van der Waals surface area contributed by atoms with Crippen molar-refractivity contribution < 1.29 is 5.11 Å². The molecule has 2 nitrogen and oxygen atoms in total. The van der Waals surface area contributed by atoms with Gasteiger partial charge in [-0.15, -0.1) is 0 Å². The maximum atomic E-state index is 9.43. The van der Waals surface area contributed by atoms with Crippen molar-refractivity contribution in [3.63, 3.8) is 0 Å². The first kappa shape index (κ1) is 7.75. The van der Waals surface area contributed by atoms with Gasteiger partial charge in [0.25, 0.3) is 0 Å². The summed E-state index contributed by atoms with van der Waals surface area (Å²) in [4.78, 5) is 0. The number of nitrogens with one attached hydrogen (secondary N) is 1. The zero-order valence-electron chi connectivity index (χ0n) is 5.52. The highest BCUT2D eigenvalue weighted by atomic mass is 127. The monoisotopic (exact) mass is 241 g/mol. The van der Waals surface area contributed by atoms with Gasteiger partial charge in [0.1, 0.15) is 0 Å². The van der Waals surface area contributed by atoms with Crippen LogP contribution in [0.1, 0.15) is 13.3 Å². The molecule has 0 aromatic rings. The van der Waals surface area contributed by atoms with E-state index in [0.717, 1.165) is 17.4 Å². The Hall–Kier alpha value is 0.650. The first-order chi connectivity index (χ1) is 4.14. The molecule has 1 saturated heterocycles. The zero-order chi connectivity index (χ0) is 6.91. The van der Waals surface area contributed by atoms with Gasteiger partial charge >= 0.3 is 0 Å². The predicted octanol–water partition coefficient (Wildman–Crippen LogP) is 0.534. The molecule has 1 aliphatic heterocycles. The molecule has 0 spiro atoms. The van der Waals surface area contributed by atoms with Crippen LogP contribution >= 0.6 is 22.6 Å². The van der Waals surface area contributed by atoms with Crippen LogP contribution in [0.4, 0.5) is 0 Å². The van der Waals surface area contributed by atoms with Crippen LogP contribution in [0.25, 0.3) is 0 Å². The van der Waals surface area contributed by atoms with Crippen molar-refractivity contribution in [1.82, 2.24) is 5.32 Å². The highest BCUT2D eigenvalue weighted by Gasteiger charge is 2.31. The van der Waals surface area contributed by atoms with Crippen molar-refractivity contribution in [1.29, 1.82) is 0 Å². The highest BCUT2D eigenvalue weighted by Crippen LogP contribution is 2.18. The molecule has 9 heavy (non-hydrogen) atoms. The third-order valence-corrected chi connectivity index (χ3v) is 2.71. The number of hydrogen-bond acceptors (Lipinski definition) is 2. The first-order valence-electron chi connectivity index (χ1n) is 3.16. The van der Waals surface area contributed by atoms with E-state index < -0.39 is 5.60 Å². The Labute approximate surface area is 69.2 Å². The van der Waals surface area contributed by atoms with Crippen molar-refractivity contribution >= 4 is 22.6 Å². The molecule has 0 aliphatic carbocycles. The van der Waals surface area contributed by atoms with Crippen molar-refractivity contribution in [2.24, 2.45) is 0 Å². The van der Waals surface area contributed by atoms with Crippen LogP contribution in [-0.2, 0) is 0 Å². The summed E-state index contributed by atoms with van der Waals surface area (Å²) in [6.45, 7) is 2.63. The standard InChI is InChI=1S/C6H12INO/c1-6(9)2-5(3-7)8-4-6/h5,8-9H,2-4H2,1H3. The molecule has 2 N–H and O–H groups in total. The molecule has 0 amide bonds. The molecular weight excluding hydrogens is 229 g/mol. The Morgan fingerprint density at radius 3 is 2.78 bits per heavy atom.